The quantitative estimate of drug-likeness (QED) is 0.364. The Morgan fingerprint density at radius 2 is 1.58 bits per heavy atom. The normalized spacial score (nSPS) is 10.8. The van der Waals surface area contributed by atoms with E-state index in [2.05, 4.69) is 17.4 Å². The summed E-state index contributed by atoms with van der Waals surface area (Å²) in [6.07, 6.45) is -1.13. The Morgan fingerprint density at radius 3 is 2.15 bits per heavy atom. The van der Waals surface area contributed by atoms with Crippen LogP contribution in [0.3, 0.4) is 0 Å². The first kappa shape index (κ1) is 28.3. The minimum Gasteiger partial charge on any atom is -0.494 e. The van der Waals surface area contributed by atoms with Gasteiger partial charge in [-0.15, -0.1) is 0 Å². The number of benzene rings is 2. The summed E-state index contributed by atoms with van der Waals surface area (Å²) in [6.45, 7) is 2.02. The van der Waals surface area contributed by atoms with Crippen LogP contribution >= 0.6 is 11.6 Å². The molecule has 0 fully saturated rings. The van der Waals surface area contributed by atoms with Gasteiger partial charge in [0.1, 0.15) is 5.75 Å². The molecule has 2 aromatic carbocycles. The lowest BCUT2D eigenvalue weighted by atomic mass is 10.1. The monoisotopic (exact) mass is 489 g/mol. The van der Waals surface area contributed by atoms with Gasteiger partial charge in [-0.05, 0) is 61.6 Å². The number of aliphatic carboxylic acids is 2. The van der Waals surface area contributed by atoms with Crippen molar-refractivity contribution in [3.05, 3.63) is 64.7 Å². The molecule has 0 heterocycles. The Morgan fingerprint density at radius 1 is 0.939 bits per heavy atom. The average Bonchev–Trinajstić information content (AvgIpc) is 2.75. The van der Waals surface area contributed by atoms with E-state index in [1.54, 1.807) is 0 Å². The number of hydrogen-bond donors (Lipinski definition) is 3. The number of nitrogens with one attached hydrogen (secondary N) is 1. The second-order valence-electron chi connectivity index (χ2n) is 6.99. The number of carboxylic acid groups (broad SMARTS) is 2. The topological polar surface area (TPSA) is 95.9 Å². The summed E-state index contributed by atoms with van der Waals surface area (Å²) in [7, 11) is 0. The maximum atomic E-state index is 10.6. The molecule has 33 heavy (non-hydrogen) atoms. The van der Waals surface area contributed by atoms with Crippen LogP contribution in [0.1, 0.15) is 30.4 Å². The first-order valence-corrected chi connectivity index (χ1v) is 10.6. The van der Waals surface area contributed by atoms with Gasteiger partial charge in [0.05, 0.1) is 13.0 Å². The van der Waals surface area contributed by atoms with Crippen molar-refractivity contribution in [3.8, 4) is 5.75 Å². The molecule has 0 aliphatic rings. The van der Waals surface area contributed by atoms with Crippen molar-refractivity contribution < 1.29 is 37.7 Å². The average molecular weight is 490 g/mol. The van der Waals surface area contributed by atoms with E-state index >= 15 is 0 Å². The molecule has 2 rings (SSSR count). The summed E-state index contributed by atoms with van der Waals surface area (Å²) in [6, 6.07) is 16.1. The predicted molar refractivity (Wildman–Crippen MR) is 119 cm³/mol. The van der Waals surface area contributed by atoms with Gasteiger partial charge in [-0.1, -0.05) is 41.9 Å². The Labute approximate surface area is 195 Å². The van der Waals surface area contributed by atoms with E-state index in [1.165, 1.54) is 5.56 Å². The minimum absolute atomic E-state index is 0.169. The molecule has 0 radical (unpaired) electrons. The fourth-order valence-corrected chi connectivity index (χ4v) is 2.87. The van der Waals surface area contributed by atoms with Gasteiger partial charge in [-0.3, -0.25) is 4.79 Å². The molecule has 6 nitrogen and oxygen atoms in total. The Balaban J connectivity index is 0.000000675. The maximum Gasteiger partial charge on any atom is 0.490 e. The first-order chi connectivity index (χ1) is 15.6. The molecule has 10 heteroatoms. The van der Waals surface area contributed by atoms with E-state index in [9.17, 15) is 18.0 Å². The van der Waals surface area contributed by atoms with Crippen LogP contribution in [0.15, 0.2) is 48.5 Å². The number of hydrogen-bond acceptors (Lipinski definition) is 4. The molecule has 0 unspecified atom stereocenters. The third-order valence-corrected chi connectivity index (χ3v) is 4.69. The summed E-state index contributed by atoms with van der Waals surface area (Å²) in [5.41, 5.74) is 2.42. The van der Waals surface area contributed by atoms with Crippen molar-refractivity contribution in [1.82, 2.24) is 5.32 Å². The highest BCUT2D eigenvalue weighted by Crippen LogP contribution is 2.18. The standard InChI is InChI=1S/C21H26ClNO3.C2HF3O2/c22-20-8-2-1-6-18(20)7-4-16-26-19-11-9-17(10-12-19)5-3-14-23-15-13-21(24)25;3-2(4,5)1(6)7/h1-2,6,8-12,23H,3-5,7,13-16H2,(H,24,25);(H,6,7). The Bertz CT molecular complexity index is 860. The lowest BCUT2D eigenvalue weighted by molar-refractivity contribution is -0.192. The highest BCUT2D eigenvalue weighted by atomic mass is 35.5. The van der Waals surface area contributed by atoms with Crippen LogP contribution in [0.2, 0.25) is 5.02 Å². The SMILES string of the molecule is O=C(O)C(F)(F)F.O=C(O)CCNCCCc1ccc(OCCCc2ccccc2Cl)cc1. The highest BCUT2D eigenvalue weighted by Gasteiger charge is 2.38. The van der Waals surface area contributed by atoms with Crippen LogP contribution in [0.4, 0.5) is 13.2 Å². The molecule has 0 aliphatic heterocycles. The molecule has 0 amide bonds. The van der Waals surface area contributed by atoms with E-state index in [4.69, 9.17) is 31.3 Å². The van der Waals surface area contributed by atoms with Crippen molar-refractivity contribution in [2.45, 2.75) is 38.3 Å². The zero-order valence-corrected chi connectivity index (χ0v) is 18.7. The summed E-state index contributed by atoms with van der Waals surface area (Å²) in [4.78, 5) is 19.3. The number of aryl methyl sites for hydroxylation is 2. The molecule has 182 valence electrons. The number of alkyl halides is 3. The molecule has 0 aliphatic carbocycles. The first-order valence-electron chi connectivity index (χ1n) is 10.3. The minimum atomic E-state index is -5.08. The molecule has 0 atom stereocenters. The number of ether oxygens (including phenoxy) is 1. The van der Waals surface area contributed by atoms with E-state index in [0.29, 0.717) is 13.2 Å². The molecule has 0 bridgehead atoms. The number of rotatable bonds is 12. The third-order valence-electron chi connectivity index (χ3n) is 4.32. The molecule has 3 N–H and O–H groups in total. The summed E-state index contributed by atoms with van der Waals surface area (Å²) < 4.78 is 37.5. The lowest BCUT2D eigenvalue weighted by Crippen LogP contribution is -2.21. The van der Waals surface area contributed by atoms with E-state index in [1.807, 2.05) is 36.4 Å². The molecular formula is C23H27ClF3NO5. The molecule has 0 spiro atoms. The molecular weight excluding hydrogens is 463 g/mol. The predicted octanol–water partition coefficient (Wildman–Crippen LogP) is 4.98. The summed E-state index contributed by atoms with van der Waals surface area (Å²) in [5, 5.41) is 19.6. The van der Waals surface area contributed by atoms with Gasteiger partial charge in [0.15, 0.2) is 0 Å². The number of carboxylic acids is 2. The van der Waals surface area contributed by atoms with Crippen molar-refractivity contribution in [2.75, 3.05) is 19.7 Å². The zero-order chi connectivity index (χ0) is 24.7. The summed E-state index contributed by atoms with van der Waals surface area (Å²) in [5.74, 6) is -2.64. The third kappa shape index (κ3) is 13.4. The van der Waals surface area contributed by atoms with Gasteiger partial charge in [-0.2, -0.15) is 13.2 Å². The van der Waals surface area contributed by atoms with Crippen LogP contribution in [0, 0.1) is 0 Å². The van der Waals surface area contributed by atoms with Crippen molar-refractivity contribution in [3.63, 3.8) is 0 Å². The van der Waals surface area contributed by atoms with Gasteiger partial charge < -0.3 is 20.3 Å². The van der Waals surface area contributed by atoms with E-state index in [0.717, 1.165) is 48.6 Å². The van der Waals surface area contributed by atoms with E-state index < -0.39 is 18.1 Å². The number of carbonyl (C=O) groups is 2. The van der Waals surface area contributed by atoms with Crippen LogP contribution < -0.4 is 10.1 Å². The largest absolute Gasteiger partial charge is 0.494 e. The van der Waals surface area contributed by atoms with Gasteiger partial charge in [0, 0.05) is 11.6 Å². The molecule has 0 aromatic heterocycles. The van der Waals surface area contributed by atoms with Crippen LogP contribution in [0.25, 0.3) is 0 Å². The molecule has 0 saturated heterocycles. The van der Waals surface area contributed by atoms with Crippen LogP contribution in [-0.4, -0.2) is 48.0 Å². The van der Waals surface area contributed by atoms with Crippen LogP contribution in [0.5, 0.6) is 5.75 Å². The molecule has 2 aromatic rings. The van der Waals surface area contributed by atoms with Crippen molar-refractivity contribution in [1.29, 1.82) is 0 Å². The van der Waals surface area contributed by atoms with Gasteiger partial charge in [0.2, 0.25) is 0 Å². The fraction of sp³-hybridized carbons (Fsp3) is 0.391. The lowest BCUT2D eigenvalue weighted by Gasteiger charge is -2.08. The maximum absolute atomic E-state index is 10.6. The summed E-state index contributed by atoms with van der Waals surface area (Å²) >= 11 is 6.15. The highest BCUT2D eigenvalue weighted by molar-refractivity contribution is 6.31. The smallest absolute Gasteiger partial charge is 0.490 e. The Kier molecular flexibility index (Phi) is 13.0. The van der Waals surface area contributed by atoms with Crippen LogP contribution in [-0.2, 0) is 22.4 Å². The van der Waals surface area contributed by atoms with Crippen molar-refractivity contribution >= 4 is 23.5 Å². The zero-order valence-electron chi connectivity index (χ0n) is 17.9. The Hall–Kier alpha value is -2.78. The molecule has 0 saturated carbocycles. The van der Waals surface area contributed by atoms with E-state index in [-0.39, 0.29) is 6.42 Å². The number of halogens is 4. The second-order valence-corrected chi connectivity index (χ2v) is 7.39. The second kappa shape index (κ2) is 15.1. The van der Waals surface area contributed by atoms with Gasteiger partial charge in [-0.25, -0.2) is 4.79 Å². The fourth-order valence-electron chi connectivity index (χ4n) is 2.64. The van der Waals surface area contributed by atoms with Crippen molar-refractivity contribution in [2.24, 2.45) is 0 Å². The van der Waals surface area contributed by atoms with Gasteiger partial charge >= 0.3 is 18.1 Å². The van der Waals surface area contributed by atoms with Gasteiger partial charge in [0.25, 0.3) is 0 Å².